The summed E-state index contributed by atoms with van der Waals surface area (Å²) in [5, 5.41) is 5.83. The van der Waals surface area contributed by atoms with Crippen LogP contribution >= 0.6 is 0 Å². The number of anilines is 1. The number of nitrogens with zero attached hydrogens (tertiary/aromatic N) is 2. The lowest BCUT2D eigenvalue weighted by Crippen LogP contribution is -2.16. The maximum Gasteiger partial charge on any atom is 0.435 e. The van der Waals surface area contributed by atoms with Gasteiger partial charge in [-0.3, -0.25) is 9.48 Å². The minimum absolute atomic E-state index is 0.0109. The molecule has 1 aromatic carbocycles. The maximum absolute atomic E-state index is 12.8. The number of ether oxygens (including phenoxy) is 1. The largest absolute Gasteiger partial charge is 0.494 e. The van der Waals surface area contributed by atoms with Crippen LogP contribution < -0.4 is 10.1 Å². The van der Waals surface area contributed by atoms with Gasteiger partial charge in [-0.1, -0.05) is 0 Å². The lowest BCUT2D eigenvalue weighted by Gasteiger charge is -2.08. The number of hydrogen-bond donors (Lipinski definition) is 1. The second kappa shape index (κ2) is 7.54. The van der Waals surface area contributed by atoms with Crippen molar-refractivity contribution in [1.82, 2.24) is 9.78 Å². The molecule has 0 saturated heterocycles. The fourth-order valence-electron chi connectivity index (χ4n) is 2.22. The van der Waals surface area contributed by atoms with Gasteiger partial charge in [-0.25, -0.2) is 4.39 Å². The lowest BCUT2D eigenvalue weighted by atomic mass is 10.2. The highest BCUT2D eigenvalue weighted by Crippen LogP contribution is 2.33. The van der Waals surface area contributed by atoms with Crippen molar-refractivity contribution >= 4 is 11.7 Å². The fraction of sp³-hybridized carbons (Fsp3) is 0.375. The molecule has 136 valence electrons. The number of carbonyl (C=O) groups excluding carboxylic acids is 1. The molecular weight excluding hydrogens is 342 g/mol. The summed E-state index contributed by atoms with van der Waals surface area (Å²) in [5.74, 6) is -0.338. The molecule has 5 nitrogen and oxygen atoms in total. The number of aromatic nitrogens is 2. The van der Waals surface area contributed by atoms with Crippen LogP contribution in [0.3, 0.4) is 0 Å². The number of nitrogens with one attached hydrogen (secondary N) is 1. The zero-order valence-electron chi connectivity index (χ0n) is 13.7. The summed E-state index contributed by atoms with van der Waals surface area (Å²) in [6.45, 7) is 1.47. The molecule has 0 aliphatic carbocycles. The van der Waals surface area contributed by atoms with Gasteiger partial charge in [0.2, 0.25) is 5.91 Å². The monoisotopic (exact) mass is 359 g/mol. The maximum atomic E-state index is 12.8. The molecule has 1 amide bonds. The number of benzene rings is 1. The topological polar surface area (TPSA) is 56.2 Å². The Morgan fingerprint density at radius 1 is 1.28 bits per heavy atom. The standard InChI is InChI=1S/C16H17F4N3O2/c1-10-14(16(18,19)20)22-23(2)15(10)21-13(24)4-3-9-25-12-7-5-11(17)6-8-12/h5-8H,3-4,9H2,1-2H3,(H,21,24). The molecule has 0 spiro atoms. The first kappa shape index (κ1) is 18.8. The number of hydrogen-bond acceptors (Lipinski definition) is 3. The van der Waals surface area contributed by atoms with Gasteiger partial charge in [0, 0.05) is 19.0 Å². The van der Waals surface area contributed by atoms with Crippen LogP contribution in [0.2, 0.25) is 0 Å². The minimum atomic E-state index is -4.58. The summed E-state index contributed by atoms with van der Waals surface area (Å²) < 4.78 is 57.4. The van der Waals surface area contributed by atoms with Gasteiger partial charge in [0.25, 0.3) is 0 Å². The normalized spacial score (nSPS) is 11.4. The molecule has 1 N–H and O–H groups in total. The summed E-state index contributed by atoms with van der Waals surface area (Å²) >= 11 is 0. The van der Waals surface area contributed by atoms with Crippen molar-refractivity contribution in [3.63, 3.8) is 0 Å². The summed E-state index contributed by atoms with van der Waals surface area (Å²) in [4.78, 5) is 11.9. The molecule has 0 fully saturated rings. The van der Waals surface area contributed by atoms with Gasteiger partial charge in [0.15, 0.2) is 5.69 Å². The molecule has 0 aliphatic rings. The molecule has 0 saturated carbocycles. The Kier molecular flexibility index (Phi) is 5.66. The molecule has 0 atom stereocenters. The number of alkyl halides is 3. The van der Waals surface area contributed by atoms with E-state index in [1.54, 1.807) is 0 Å². The van der Waals surface area contributed by atoms with Crippen molar-refractivity contribution in [2.24, 2.45) is 7.05 Å². The van der Waals surface area contributed by atoms with Crippen molar-refractivity contribution in [2.75, 3.05) is 11.9 Å². The van der Waals surface area contributed by atoms with Crippen molar-refractivity contribution in [3.05, 3.63) is 41.3 Å². The highest BCUT2D eigenvalue weighted by molar-refractivity contribution is 5.90. The van der Waals surface area contributed by atoms with E-state index >= 15 is 0 Å². The number of rotatable bonds is 6. The predicted octanol–water partition coefficient (Wildman–Crippen LogP) is 3.68. The van der Waals surface area contributed by atoms with Gasteiger partial charge < -0.3 is 10.1 Å². The van der Waals surface area contributed by atoms with Gasteiger partial charge in [-0.05, 0) is 37.6 Å². The minimum Gasteiger partial charge on any atom is -0.494 e. The van der Waals surface area contributed by atoms with E-state index in [0.717, 1.165) is 4.68 Å². The molecule has 1 heterocycles. The quantitative estimate of drug-likeness (QED) is 0.632. The Hall–Kier alpha value is -2.58. The van der Waals surface area contributed by atoms with Gasteiger partial charge in [0.1, 0.15) is 17.4 Å². The average Bonchev–Trinajstić information content (AvgIpc) is 2.81. The Balaban J connectivity index is 1.84. The first-order chi connectivity index (χ1) is 11.7. The smallest absolute Gasteiger partial charge is 0.435 e. The van der Waals surface area contributed by atoms with Gasteiger partial charge in [0.05, 0.1) is 6.61 Å². The zero-order valence-corrected chi connectivity index (χ0v) is 13.7. The Labute approximate surface area is 141 Å². The average molecular weight is 359 g/mol. The lowest BCUT2D eigenvalue weighted by molar-refractivity contribution is -0.141. The molecular formula is C16H17F4N3O2. The number of amides is 1. The van der Waals surface area contributed by atoms with Crippen LogP contribution in [0.25, 0.3) is 0 Å². The van der Waals surface area contributed by atoms with Crippen molar-refractivity contribution < 1.29 is 27.1 Å². The first-order valence-electron chi connectivity index (χ1n) is 7.47. The van der Waals surface area contributed by atoms with Crippen LogP contribution in [0, 0.1) is 12.7 Å². The van der Waals surface area contributed by atoms with E-state index in [0.29, 0.717) is 12.2 Å². The highest BCUT2D eigenvalue weighted by Gasteiger charge is 2.37. The van der Waals surface area contributed by atoms with E-state index in [2.05, 4.69) is 10.4 Å². The van der Waals surface area contributed by atoms with Gasteiger partial charge in [-0.2, -0.15) is 18.3 Å². The Morgan fingerprint density at radius 3 is 2.48 bits per heavy atom. The molecule has 2 rings (SSSR count). The van der Waals surface area contributed by atoms with Crippen LogP contribution in [-0.2, 0) is 18.0 Å². The third-order valence-corrected chi connectivity index (χ3v) is 3.44. The Bertz CT molecular complexity index is 739. The van der Waals surface area contributed by atoms with Crippen LogP contribution in [-0.4, -0.2) is 22.3 Å². The van der Waals surface area contributed by atoms with Gasteiger partial charge >= 0.3 is 6.18 Å². The summed E-state index contributed by atoms with van der Waals surface area (Å²) in [6, 6.07) is 5.44. The van der Waals surface area contributed by atoms with Crippen LogP contribution in [0.1, 0.15) is 24.1 Å². The SMILES string of the molecule is Cc1c(C(F)(F)F)nn(C)c1NC(=O)CCCOc1ccc(F)cc1. The van der Waals surface area contributed by atoms with E-state index in [1.165, 1.54) is 38.2 Å². The molecule has 0 unspecified atom stereocenters. The number of halogens is 4. The van der Waals surface area contributed by atoms with E-state index in [-0.39, 0.29) is 30.2 Å². The molecule has 0 aliphatic heterocycles. The first-order valence-corrected chi connectivity index (χ1v) is 7.47. The fourth-order valence-corrected chi connectivity index (χ4v) is 2.22. The van der Waals surface area contributed by atoms with Crippen molar-refractivity contribution in [2.45, 2.75) is 25.9 Å². The third-order valence-electron chi connectivity index (χ3n) is 3.44. The molecule has 1 aromatic heterocycles. The second-order valence-corrected chi connectivity index (χ2v) is 5.40. The predicted molar refractivity (Wildman–Crippen MR) is 82.7 cm³/mol. The summed E-state index contributed by atoms with van der Waals surface area (Å²) in [5.41, 5.74) is -1.16. The second-order valence-electron chi connectivity index (χ2n) is 5.40. The number of carbonyl (C=O) groups is 1. The third kappa shape index (κ3) is 4.94. The van der Waals surface area contributed by atoms with Crippen LogP contribution in [0.15, 0.2) is 24.3 Å². The molecule has 2 aromatic rings. The van der Waals surface area contributed by atoms with E-state index < -0.39 is 17.8 Å². The van der Waals surface area contributed by atoms with Crippen molar-refractivity contribution in [1.29, 1.82) is 0 Å². The van der Waals surface area contributed by atoms with E-state index in [4.69, 9.17) is 4.74 Å². The van der Waals surface area contributed by atoms with Crippen LogP contribution in [0.4, 0.5) is 23.4 Å². The zero-order chi connectivity index (χ0) is 18.6. The van der Waals surface area contributed by atoms with Gasteiger partial charge in [-0.15, -0.1) is 0 Å². The Morgan fingerprint density at radius 2 is 1.92 bits per heavy atom. The van der Waals surface area contributed by atoms with E-state index in [9.17, 15) is 22.4 Å². The van der Waals surface area contributed by atoms with Crippen molar-refractivity contribution in [3.8, 4) is 5.75 Å². The summed E-state index contributed by atoms with van der Waals surface area (Å²) in [6.07, 6.45) is -4.16. The molecule has 0 radical (unpaired) electrons. The highest BCUT2D eigenvalue weighted by atomic mass is 19.4. The molecule has 0 bridgehead atoms. The summed E-state index contributed by atoms with van der Waals surface area (Å²) in [7, 11) is 1.33. The van der Waals surface area contributed by atoms with E-state index in [1.807, 2.05) is 0 Å². The molecule has 25 heavy (non-hydrogen) atoms. The molecule has 9 heteroatoms. The number of aryl methyl sites for hydroxylation is 1. The van der Waals surface area contributed by atoms with Crippen LogP contribution in [0.5, 0.6) is 5.75 Å².